The Balaban J connectivity index is 1.87. The summed E-state index contributed by atoms with van der Waals surface area (Å²) < 4.78 is 16.5. The molecule has 0 saturated carbocycles. The number of aromatic nitrogens is 3. The van der Waals surface area contributed by atoms with E-state index in [4.69, 9.17) is 5.26 Å². The second kappa shape index (κ2) is 6.81. The summed E-state index contributed by atoms with van der Waals surface area (Å²) in [5, 5.41) is 13.3. The lowest BCUT2D eigenvalue weighted by molar-refractivity contribution is 0.104. The van der Waals surface area contributed by atoms with E-state index in [9.17, 15) is 9.18 Å². The van der Waals surface area contributed by atoms with Gasteiger partial charge in [-0.15, -0.1) is 0 Å². The van der Waals surface area contributed by atoms with Gasteiger partial charge in [0, 0.05) is 12.7 Å². The van der Waals surface area contributed by atoms with Crippen LogP contribution in [0.15, 0.2) is 42.6 Å². The molecule has 0 aliphatic heterocycles. The molecular weight excluding hydrogens is 331 g/mol. The molecule has 0 spiro atoms. The van der Waals surface area contributed by atoms with Gasteiger partial charge >= 0.3 is 0 Å². The van der Waals surface area contributed by atoms with Gasteiger partial charge in [0.2, 0.25) is 0 Å². The lowest BCUT2D eigenvalue weighted by atomic mass is 10.1. The van der Waals surface area contributed by atoms with Gasteiger partial charge < -0.3 is 4.57 Å². The molecule has 6 heteroatoms. The Morgan fingerprint density at radius 1 is 1.23 bits per heavy atom. The summed E-state index contributed by atoms with van der Waals surface area (Å²) in [6.45, 7) is 3.68. The summed E-state index contributed by atoms with van der Waals surface area (Å²) in [6, 6.07) is 9.77. The Bertz CT molecular complexity index is 1050. The van der Waals surface area contributed by atoms with Crippen LogP contribution < -0.4 is 0 Å². The van der Waals surface area contributed by atoms with Crippen LogP contribution in [0.1, 0.15) is 33.0 Å². The predicted octanol–water partition coefficient (Wildman–Crippen LogP) is 3.73. The number of hydrogen-bond acceptors (Lipinski definition) is 3. The monoisotopic (exact) mass is 348 g/mol. The van der Waals surface area contributed by atoms with Crippen molar-refractivity contribution >= 4 is 11.9 Å². The van der Waals surface area contributed by atoms with E-state index in [1.54, 1.807) is 40.4 Å². The maximum atomic E-state index is 13.1. The largest absolute Gasteiger partial charge is 0.339 e. The first kappa shape index (κ1) is 17.4. The van der Waals surface area contributed by atoms with Crippen molar-refractivity contribution in [1.82, 2.24) is 14.3 Å². The lowest BCUT2D eigenvalue weighted by Gasteiger charge is -2.04. The second-order valence-electron chi connectivity index (χ2n) is 5.97. The van der Waals surface area contributed by atoms with Crippen molar-refractivity contribution < 1.29 is 9.18 Å². The first-order valence-corrected chi connectivity index (χ1v) is 8.01. The van der Waals surface area contributed by atoms with E-state index in [0.717, 1.165) is 11.3 Å². The van der Waals surface area contributed by atoms with Crippen LogP contribution >= 0.6 is 0 Å². The van der Waals surface area contributed by atoms with Crippen LogP contribution in [-0.4, -0.2) is 20.1 Å². The first-order chi connectivity index (χ1) is 12.4. The Labute approximate surface area is 150 Å². The SMILES string of the molecule is Cc1c(C(=O)/C=C/c2cc(C#N)n(C)c2C)cnn1-c1ccc(F)cc1. The van der Waals surface area contributed by atoms with E-state index in [1.807, 2.05) is 14.0 Å². The number of benzene rings is 1. The van der Waals surface area contributed by atoms with Gasteiger partial charge in [0.1, 0.15) is 17.6 Å². The van der Waals surface area contributed by atoms with Crippen LogP contribution in [0.25, 0.3) is 11.8 Å². The van der Waals surface area contributed by atoms with Gasteiger partial charge in [-0.3, -0.25) is 4.79 Å². The van der Waals surface area contributed by atoms with Crippen LogP contribution in [0.2, 0.25) is 0 Å². The van der Waals surface area contributed by atoms with Crippen LogP contribution in [0.5, 0.6) is 0 Å². The molecule has 1 aromatic carbocycles. The van der Waals surface area contributed by atoms with Crippen molar-refractivity contribution in [3.8, 4) is 11.8 Å². The summed E-state index contributed by atoms with van der Waals surface area (Å²) in [7, 11) is 1.81. The normalized spacial score (nSPS) is 11.0. The van der Waals surface area contributed by atoms with Gasteiger partial charge in [0.15, 0.2) is 5.78 Å². The summed E-state index contributed by atoms with van der Waals surface area (Å²) >= 11 is 0. The number of carbonyl (C=O) groups is 1. The summed E-state index contributed by atoms with van der Waals surface area (Å²) in [6.07, 6.45) is 4.68. The smallest absolute Gasteiger partial charge is 0.189 e. The van der Waals surface area contributed by atoms with Gasteiger partial charge in [0.05, 0.1) is 23.1 Å². The first-order valence-electron chi connectivity index (χ1n) is 8.01. The molecule has 0 aliphatic carbocycles. The fourth-order valence-corrected chi connectivity index (χ4v) is 2.75. The number of carbonyl (C=O) groups excluding carboxylic acids is 1. The van der Waals surface area contributed by atoms with E-state index >= 15 is 0 Å². The molecule has 2 aromatic heterocycles. The fraction of sp³-hybridized carbons (Fsp3) is 0.150. The van der Waals surface area contributed by atoms with E-state index in [-0.39, 0.29) is 11.6 Å². The van der Waals surface area contributed by atoms with Crippen molar-refractivity contribution in [2.45, 2.75) is 13.8 Å². The third-order valence-corrected chi connectivity index (χ3v) is 4.45. The zero-order chi connectivity index (χ0) is 18.8. The van der Waals surface area contributed by atoms with Gasteiger partial charge in [-0.25, -0.2) is 9.07 Å². The third-order valence-electron chi connectivity index (χ3n) is 4.45. The van der Waals surface area contributed by atoms with E-state index in [2.05, 4.69) is 11.2 Å². The molecule has 5 nitrogen and oxygen atoms in total. The Morgan fingerprint density at radius 3 is 2.54 bits per heavy atom. The fourth-order valence-electron chi connectivity index (χ4n) is 2.75. The molecule has 0 unspecified atom stereocenters. The Kier molecular flexibility index (Phi) is 4.55. The molecule has 0 N–H and O–H groups in total. The zero-order valence-corrected chi connectivity index (χ0v) is 14.7. The quantitative estimate of drug-likeness (QED) is 0.533. The summed E-state index contributed by atoms with van der Waals surface area (Å²) in [4.78, 5) is 12.5. The topological polar surface area (TPSA) is 63.6 Å². The molecule has 0 aliphatic rings. The van der Waals surface area contributed by atoms with Crippen molar-refractivity contribution in [1.29, 1.82) is 5.26 Å². The zero-order valence-electron chi connectivity index (χ0n) is 14.7. The highest BCUT2D eigenvalue weighted by Gasteiger charge is 2.14. The van der Waals surface area contributed by atoms with Crippen LogP contribution in [0.3, 0.4) is 0 Å². The molecule has 130 valence electrons. The molecule has 26 heavy (non-hydrogen) atoms. The van der Waals surface area contributed by atoms with Gasteiger partial charge in [0.25, 0.3) is 0 Å². The predicted molar refractivity (Wildman–Crippen MR) is 96.5 cm³/mol. The van der Waals surface area contributed by atoms with Crippen molar-refractivity contribution in [2.24, 2.45) is 7.05 Å². The minimum absolute atomic E-state index is 0.183. The maximum absolute atomic E-state index is 13.1. The maximum Gasteiger partial charge on any atom is 0.189 e. The summed E-state index contributed by atoms with van der Waals surface area (Å²) in [5.41, 5.74) is 4.10. The molecule has 2 heterocycles. The standard InChI is InChI=1S/C20H17FN4O/c1-13-15(10-18(11-22)24(13)3)4-9-20(26)19-12-23-25(14(19)2)17-7-5-16(21)6-8-17/h4-10,12H,1-3H3/b9-4+. The number of hydrogen-bond donors (Lipinski definition) is 0. The molecule has 0 saturated heterocycles. The molecule has 0 atom stereocenters. The Morgan fingerprint density at radius 2 is 1.92 bits per heavy atom. The Hall–Kier alpha value is -3.46. The van der Waals surface area contributed by atoms with Crippen molar-refractivity contribution in [2.75, 3.05) is 0 Å². The highest BCUT2D eigenvalue weighted by atomic mass is 19.1. The van der Waals surface area contributed by atoms with Gasteiger partial charge in [-0.1, -0.05) is 0 Å². The summed E-state index contributed by atoms with van der Waals surface area (Å²) in [5.74, 6) is -0.509. The molecular formula is C20H17FN4O. The van der Waals surface area contributed by atoms with Gasteiger partial charge in [-0.2, -0.15) is 10.4 Å². The minimum atomic E-state index is -0.326. The molecule has 3 aromatic rings. The minimum Gasteiger partial charge on any atom is -0.339 e. The molecule has 0 amide bonds. The average molecular weight is 348 g/mol. The molecule has 0 bridgehead atoms. The highest BCUT2D eigenvalue weighted by molar-refractivity contribution is 6.07. The number of nitrogens with zero attached hydrogens (tertiary/aromatic N) is 4. The van der Waals surface area contributed by atoms with Crippen LogP contribution in [-0.2, 0) is 7.05 Å². The number of nitriles is 1. The average Bonchev–Trinajstić information content (AvgIpc) is 3.15. The van der Waals surface area contributed by atoms with E-state index in [1.165, 1.54) is 24.4 Å². The van der Waals surface area contributed by atoms with Crippen LogP contribution in [0, 0.1) is 31.0 Å². The van der Waals surface area contributed by atoms with E-state index < -0.39 is 0 Å². The van der Waals surface area contributed by atoms with Crippen LogP contribution in [0.4, 0.5) is 4.39 Å². The van der Waals surface area contributed by atoms with Crippen molar-refractivity contribution in [3.05, 3.63) is 76.6 Å². The number of halogens is 1. The number of allylic oxidation sites excluding steroid dienone is 1. The van der Waals surface area contributed by atoms with Gasteiger partial charge in [-0.05, 0) is 61.9 Å². The molecule has 0 radical (unpaired) electrons. The molecule has 3 rings (SSSR count). The highest BCUT2D eigenvalue weighted by Crippen LogP contribution is 2.18. The van der Waals surface area contributed by atoms with E-state index in [0.29, 0.717) is 22.6 Å². The third kappa shape index (κ3) is 3.07. The second-order valence-corrected chi connectivity index (χ2v) is 5.97. The lowest BCUT2D eigenvalue weighted by Crippen LogP contribution is -2.01. The molecule has 0 fully saturated rings. The number of rotatable bonds is 4. The number of ketones is 1. The van der Waals surface area contributed by atoms with Crippen molar-refractivity contribution in [3.63, 3.8) is 0 Å².